The van der Waals surface area contributed by atoms with Crippen molar-refractivity contribution in [1.29, 1.82) is 0 Å². The van der Waals surface area contributed by atoms with Crippen LogP contribution in [0.25, 0.3) is 0 Å². The molecule has 0 aromatic heterocycles. The van der Waals surface area contributed by atoms with Gasteiger partial charge in [0.25, 0.3) is 0 Å². The van der Waals surface area contributed by atoms with Crippen molar-refractivity contribution < 1.29 is 14.6 Å². The maximum absolute atomic E-state index is 10.6. The molecule has 4 nitrogen and oxygen atoms in total. The van der Waals surface area contributed by atoms with Gasteiger partial charge in [-0.2, -0.15) is 0 Å². The lowest BCUT2D eigenvalue weighted by molar-refractivity contribution is -0.126. The van der Waals surface area contributed by atoms with E-state index in [9.17, 15) is 4.79 Å². The fourth-order valence-corrected chi connectivity index (χ4v) is 1.03. The quantitative estimate of drug-likeness (QED) is 0.641. The van der Waals surface area contributed by atoms with Gasteiger partial charge in [-0.15, -0.1) is 0 Å². The van der Waals surface area contributed by atoms with Crippen LogP contribution in [0.2, 0.25) is 0 Å². The highest BCUT2D eigenvalue weighted by molar-refractivity contribution is 5.75. The van der Waals surface area contributed by atoms with Gasteiger partial charge < -0.3 is 15.6 Å². The molecule has 0 aromatic rings. The van der Waals surface area contributed by atoms with Crippen molar-refractivity contribution in [1.82, 2.24) is 0 Å². The number of rotatable bonds is 7. The third-order valence-electron chi connectivity index (χ3n) is 2.45. The highest BCUT2D eigenvalue weighted by atomic mass is 16.5. The van der Waals surface area contributed by atoms with Crippen LogP contribution in [-0.2, 0) is 9.53 Å². The Kier molecular flexibility index (Phi) is 6.69. The molecule has 0 fully saturated rings. The van der Waals surface area contributed by atoms with E-state index in [-0.39, 0.29) is 13.2 Å². The lowest BCUT2D eigenvalue weighted by Crippen LogP contribution is -2.30. The normalized spacial score (nSPS) is 16.4. The van der Waals surface area contributed by atoms with Crippen molar-refractivity contribution in [3.05, 3.63) is 23.8 Å². The summed E-state index contributed by atoms with van der Waals surface area (Å²) in [5.41, 5.74) is 5.30. The average molecular weight is 227 g/mol. The van der Waals surface area contributed by atoms with Crippen molar-refractivity contribution in [2.75, 3.05) is 13.2 Å². The number of hydrogen-bond donors (Lipinski definition) is 2. The SMILES string of the molecule is C/C=C(\C=C/C(C)(CC)OCC(N)=O)CO. The zero-order valence-corrected chi connectivity index (χ0v) is 10.2. The standard InChI is InChI=1S/C12H21NO3/c1-4-10(8-14)6-7-12(3,5-2)16-9-11(13)15/h4,6-7,14H,5,8-9H2,1-3H3,(H2,13,15)/b7-6-,10-4+. The molecule has 0 bridgehead atoms. The summed E-state index contributed by atoms with van der Waals surface area (Å²) in [6.07, 6.45) is 6.17. The number of aliphatic hydroxyl groups excluding tert-OH is 1. The topological polar surface area (TPSA) is 72.5 Å². The molecule has 0 radical (unpaired) electrons. The Morgan fingerprint density at radius 2 is 2.19 bits per heavy atom. The molecule has 3 N–H and O–H groups in total. The molecule has 0 spiro atoms. The van der Waals surface area contributed by atoms with E-state index in [4.69, 9.17) is 15.6 Å². The molecule has 92 valence electrons. The minimum absolute atomic E-state index is 0.0113. The summed E-state index contributed by atoms with van der Waals surface area (Å²) in [5, 5.41) is 8.98. The molecule has 0 aliphatic rings. The first-order valence-electron chi connectivity index (χ1n) is 5.35. The molecular weight excluding hydrogens is 206 g/mol. The van der Waals surface area contributed by atoms with Gasteiger partial charge in [0.2, 0.25) is 5.91 Å². The first kappa shape index (κ1) is 14.9. The number of allylic oxidation sites excluding steroid dienone is 1. The van der Waals surface area contributed by atoms with Gasteiger partial charge in [0, 0.05) is 0 Å². The summed E-state index contributed by atoms with van der Waals surface area (Å²) < 4.78 is 5.41. The molecular formula is C12H21NO3. The molecule has 1 amide bonds. The van der Waals surface area contributed by atoms with Crippen LogP contribution in [0.4, 0.5) is 0 Å². The first-order valence-corrected chi connectivity index (χ1v) is 5.35. The maximum atomic E-state index is 10.6. The summed E-state index contributed by atoms with van der Waals surface area (Å²) in [6.45, 7) is 5.57. The van der Waals surface area contributed by atoms with E-state index in [1.807, 2.05) is 32.9 Å². The second-order valence-electron chi connectivity index (χ2n) is 3.78. The summed E-state index contributed by atoms with van der Waals surface area (Å²) >= 11 is 0. The molecule has 0 rings (SSSR count). The molecule has 0 heterocycles. The maximum Gasteiger partial charge on any atom is 0.243 e. The van der Waals surface area contributed by atoms with Gasteiger partial charge >= 0.3 is 0 Å². The zero-order valence-electron chi connectivity index (χ0n) is 10.2. The van der Waals surface area contributed by atoms with Crippen molar-refractivity contribution in [2.24, 2.45) is 5.73 Å². The molecule has 4 heteroatoms. The molecule has 0 aromatic carbocycles. The van der Waals surface area contributed by atoms with E-state index in [0.29, 0.717) is 0 Å². The highest BCUT2D eigenvalue weighted by Gasteiger charge is 2.19. The van der Waals surface area contributed by atoms with Crippen LogP contribution in [0, 0.1) is 0 Å². The van der Waals surface area contributed by atoms with Gasteiger partial charge in [0.1, 0.15) is 6.61 Å². The van der Waals surface area contributed by atoms with Crippen LogP contribution >= 0.6 is 0 Å². The number of primary amides is 1. The third kappa shape index (κ3) is 5.68. The molecule has 0 saturated carbocycles. The molecule has 1 unspecified atom stereocenters. The van der Waals surface area contributed by atoms with Crippen molar-refractivity contribution in [3.63, 3.8) is 0 Å². The van der Waals surface area contributed by atoms with Gasteiger partial charge in [0.05, 0.1) is 12.2 Å². The lowest BCUT2D eigenvalue weighted by atomic mass is 10.0. The highest BCUT2D eigenvalue weighted by Crippen LogP contribution is 2.17. The fraction of sp³-hybridized carbons (Fsp3) is 0.583. The second kappa shape index (κ2) is 7.19. The Labute approximate surface area is 96.8 Å². The number of hydrogen-bond acceptors (Lipinski definition) is 3. The zero-order chi connectivity index (χ0) is 12.6. The molecule has 1 atom stereocenters. The van der Waals surface area contributed by atoms with Gasteiger partial charge in [-0.1, -0.05) is 25.2 Å². The summed E-state index contributed by atoms with van der Waals surface area (Å²) in [6, 6.07) is 0. The number of amides is 1. The monoisotopic (exact) mass is 227 g/mol. The minimum Gasteiger partial charge on any atom is -0.392 e. The number of aliphatic hydroxyl groups is 1. The second-order valence-corrected chi connectivity index (χ2v) is 3.78. The number of ether oxygens (including phenoxy) is 1. The Hall–Kier alpha value is -1.13. The Morgan fingerprint density at radius 1 is 1.56 bits per heavy atom. The number of carbonyl (C=O) groups is 1. The first-order chi connectivity index (χ1) is 7.47. The molecule has 0 aliphatic carbocycles. The summed E-state index contributed by atoms with van der Waals surface area (Å²) in [5.74, 6) is -0.485. The van der Waals surface area contributed by atoms with E-state index in [0.717, 1.165) is 12.0 Å². The van der Waals surface area contributed by atoms with E-state index in [1.165, 1.54) is 0 Å². The van der Waals surface area contributed by atoms with Crippen molar-refractivity contribution in [3.8, 4) is 0 Å². The third-order valence-corrected chi connectivity index (χ3v) is 2.45. The van der Waals surface area contributed by atoms with E-state index in [2.05, 4.69) is 0 Å². The van der Waals surface area contributed by atoms with Crippen LogP contribution in [0.15, 0.2) is 23.8 Å². The number of carbonyl (C=O) groups excluding carboxylic acids is 1. The van der Waals surface area contributed by atoms with Gasteiger partial charge in [-0.25, -0.2) is 0 Å². The number of nitrogens with two attached hydrogens (primary N) is 1. The molecule has 16 heavy (non-hydrogen) atoms. The van der Waals surface area contributed by atoms with Crippen LogP contribution in [0.1, 0.15) is 27.2 Å². The molecule has 0 saturated heterocycles. The Morgan fingerprint density at radius 3 is 2.56 bits per heavy atom. The Balaban J connectivity index is 4.52. The average Bonchev–Trinajstić information content (AvgIpc) is 2.28. The van der Waals surface area contributed by atoms with Crippen molar-refractivity contribution in [2.45, 2.75) is 32.8 Å². The minimum atomic E-state index is -0.529. The van der Waals surface area contributed by atoms with E-state index >= 15 is 0 Å². The van der Waals surface area contributed by atoms with E-state index < -0.39 is 11.5 Å². The smallest absolute Gasteiger partial charge is 0.243 e. The molecule has 0 aliphatic heterocycles. The fourth-order valence-electron chi connectivity index (χ4n) is 1.03. The van der Waals surface area contributed by atoms with Gasteiger partial charge in [-0.3, -0.25) is 4.79 Å². The van der Waals surface area contributed by atoms with Crippen LogP contribution in [0.3, 0.4) is 0 Å². The largest absolute Gasteiger partial charge is 0.392 e. The Bertz CT molecular complexity index is 284. The predicted molar refractivity (Wildman–Crippen MR) is 63.8 cm³/mol. The van der Waals surface area contributed by atoms with E-state index in [1.54, 1.807) is 6.08 Å². The van der Waals surface area contributed by atoms with Crippen LogP contribution < -0.4 is 5.73 Å². The summed E-state index contributed by atoms with van der Waals surface area (Å²) in [7, 11) is 0. The van der Waals surface area contributed by atoms with Crippen LogP contribution in [-0.4, -0.2) is 29.8 Å². The lowest BCUT2D eigenvalue weighted by Gasteiger charge is -2.24. The van der Waals surface area contributed by atoms with Gasteiger partial charge in [-0.05, 0) is 25.8 Å². The predicted octanol–water partition coefficient (Wildman–Crippen LogP) is 1.15. The van der Waals surface area contributed by atoms with Gasteiger partial charge in [0.15, 0.2) is 0 Å². The van der Waals surface area contributed by atoms with Crippen LogP contribution in [0.5, 0.6) is 0 Å². The van der Waals surface area contributed by atoms with Crippen molar-refractivity contribution >= 4 is 5.91 Å². The summed E-state index contributed by atoms with van der Waals surface area (Å²) in [4.78, 5) is 10.6.